The van der Waals surface area contributed by atoms with Crippen LogP contribution in [0.15, 0.2) is 48.6 Å². The van der Waals surface area contributed by atoms with E-state index in [9.17, 15) is 25.2 Å². The molecule has 1 amide bonds. The fourth-order valence-corrected chi connectivity index (χ4v) is 6.50. The number of carbonyl (C=O) groups excluding carboxylic acids is 1. The van der Waals surface area contributed by atoms with Gasteiger partial charge in [0.05, 0.1) is 18.8 Å². The summed E-state index contributed by atoms with van der Waals surface area (Å²) in [4.78, 5) is 12.5. The van der Waals surface area contributed by atoms with Gasteiger partial charge in [-0.1, -0.05) is 172 Å². The van der Waals surface area contributed by atoms with Crippen LogP contribution in [-0.2, 0) is 4.79 Å². The molecule has 4 atom stereocenters. The maximum atomic E-state index is 12.5. The van der Waals surface area contributed by atoms with Gasteiger partial charge in [-0.25, -0.2) is 0 Å². The Morgan fingerprint density at radius 2 is 0.865 bits per heavy atom. The number of unbranched alkanes of at least 4 members (excludes halogenated alkanes) is 22. The normalized spacial score (nSPS) is 14.7. The molecule has 0 spiro atoms. The molecule has 6 heteroatoms. The number of hydrogen-bond acceptors (Lipinski definition) is 5. The van der Waals surface area contributed by atoms with Crippen molar-refractivity contribution in [1.29, 1.82) is 0 Å². The summed E-state index contributed by atoms with van der Waals surface area (Å²) in [6.45, 7) is 3.92. The van der Waals surface area contributed by atoms with E-state index in [1.807, 2.05) is 0 Å². The standard InChI is InChI=1S/C46H85NO5/c1-3-5-7-9-11-13-15-17-18-19-20-21-22-23-24-25-26-28-30-32-34-36-38-40-44(50)46(52)47-42(41-48)45(51)43(49)39-37-35-33-31-29-27-16-14-12-10-8-6-4-2/h6,8,14,16,23-24,31,33,42-45,48-51H,3-5,7,9-13,15,17-22,25-30,32,34-41H2,1-2H3,(H,47,52)/b8-6+,16-14+,24-23-,33-31+. The largest absolute Gasteiger partial charge is 0.394 e. The molecule has 0 heterocycles. The Morgan fingerprint density at radius 3 is 1.31 bits per heavy atom. The molecule has 52 heavy (non-hydrogen) atoms. The number of allylic oxidation sites excluding steroid dienone is 8. The van der Waals surface area contributed by atoms with Crippen LogP contribution >= 0.6 is 0 Å². The van der Waals surface area contributed by atoms with E-state index < -0.39 is 36.9 Å². The lowest BCUT2D eigenvalue weighted by Gasteiger charge is -2.27. The summed E-state index contributed by atoms with van der Waals surface area (Å²) in [5.41, 5.74) is 0. The molecular weight excluding hydrogens is 647 g/mol. The van der Waals surface area contributed by atoms with Crippen LogP contribution in [0.4, 0.5) is 0 Å². The number of amides is 1. The zero-order chi connectivity index (χ0) is 38.2. The molecule has 0 aromatic heterocycles. The molecule has 0 saturated heterocycles. The number of hydrogen-bond donors (Lipinski definition) is 5. The number of rotatable bonds is 39. The second-order valence-corrected chi connectivity index (χ2v) is 15.0. The van der Waals surface area contributed by atoms with Gasteiger partial charge in [-0.2, -0.15) is 0 Å². The van der Waals surface area contributed by atoms with E-state index in [0.29, 0.717) is 19.3 Å². The summed E-state index contributed by atoms with van der Waals surface area (Å²) >= 11 is 0. The molecule has 4 unspecified atom stereocenters. The first-order valence-electron chi connectivity index (χ1n) is 22.0. The minimum Gasteiger partial charge on any atom is -0.394 e. The molecule has 5 N–H and O–H groups in total. The van der Waals surface area contributed by atoms with Gasteiger partial charge in [0, 0.05) is 0 Å². The summed E-state index contributed by atoms with van der Waals surface area (Å²) in [5, 5.41) is 43.6. The van der Waals surface area contributed by atoms with E-state index in [1.165, 1.54) is 116 Å². The predicted octanol–water partition coefficient (Wildman–Crippen LogP) is 11.5. The lowest BCUT2D eigenvalue weighted by molar-refractivity contribution is -0.132. The highest BCUT2D eigenvalue weighted by Crippen LogP contribution is 2.15. The highest BCUT2D eigenvalue weighted by molar-refractivity contribution is 5.80. The van der Waals surface area contributed by atoms with Crippen molar-refractivity contribution in [2.24, 2.45) is 0 Å². The number of aliphatic hydroxyl groups is 4. The number of carbonyl (C=O) groups is 1. The highest BCUT2D eigenvalue weighted by Gasteiger charge is 2.28. The highest BCUT2D eigenvalue weighted by atomic mass is 16.3. The summed E-state index contributed by atoms with van der Waals surface area (Å²) in [5.74, 6) is -0.605. The Hall–Kier alpha value is -1.73. The van der Waals surface area contributed by atoms with Crippen LogP contribution in [-0.4, -0.2) is 57.3 Å². The summed E-state index contributed by atoms with van der Waals surface area (Å²) in [6, 6.07) is -1.01. The lowest BCUT2D eigenvalue weighted by atomic mass is 10.00. The van der Waals surface area contributed by atoms with Gasteiger partial charge in [0.15, 0.2) is 0 Å². The molecule has 0 aromatic rings. The van der Waals surface area contributed by atoms with Crippen molar-refractivity contribution >= 4 is 5.91 Å². The predicted molar refractivity (Wildman–Crippen MR) is 223 cm³/mol. The van der Waals surface area contributed by atoms with E-state index in [2.05, 4.69) is 67.8 Å². The van der Waals surface area contributed by atoms with E-state index in [-0.39, 0.29) is 0 Å². The molecule has 6 nitrogen and oxygen atoms in total. The van der Waals surface area contributed by atoms with Gasteiger partial charge in [-0.15, -0.1) is 0 Å². The molecule has 0 radical (unpaired) electrons. The van der Waals surface area contributed by atoms with Crippen molar-refractivity contribution in [2.45, 2.75) is 231 Å². The first-order chi connectivity index (χ1) is 25.5. The van der Waals surface area contributed by atoms with Crippen molar-refractivity contribution in [1.82, 2.24) is 5.32 Å². The van der Waals surface area contributed by atoms with Gasteiger partial charge in [-0.05, 0) is 83.5 Å². The molecule has 0 saturated carbocycles. The van der Waals surface area contributed by atoms with Crippen molar-refractivity contribution in [3.63, 3.8) is 0 Å². The summed E-state index contributed by atoms with van der Waals surface area (Å²) < 4.78 is 0. The fourth-order valence-electron chi connectivity index (χ4n) is 6.50. The van der Waals surface area contributed by atoms with E-state index in [0.717, 1.165) is 57.8 Å². The van der Waals surface area contributed by atoms with E-state index in [1.54, 1.807) is 0 Å². The van der Waals surface area contributed by atoms with Crippen LogP contribution in [0.5, 0.6) is 0 Å². The molecule has 304 valence electrons. The molecule has 0 rings (SSSR count). The van der Waals surface area contributed by atoms with Crippen LogP contribution in [0.2, 0.25) is 0 Å². The average Bonchev–Trinajstić information content (AvgIpc) is 3.15. The van der Waals surface area contributed by atoms with Crippen molar-refractivity contribution < 1.29 is 25.2 Å². The zero-order valence-corrected chi connectivity index (χ0v) is 34.0. The maximum Gasteiger partial charge on any atom is 0.249 e. The Kier molecular flexibility index (Phi) is 39.1. The molecule has 0 aliphatic rings. The Balaban J connectivity index is 3.76. The van der Waals surface area contributed by atoms with Crippen LogP contribution in [0, 0.1) is 0 Å². The fraction of sp³-hybridized carbons (Fsp3) is 0.804. The van der Waals surface area contributed by atoms with Crippen LogP contribution in [0.3, 0.4) is 0 Å². The summed E-state index contributed by atoms with van der Waals surface area (Å²) in [7, 11) is 0. The lowest BCUT2D eigenvalue weighted by Crippen LogP contribution is -2.53. The quantitative estimate of drug-likeness (QED) is 0.0319. The Bertz CT molecular complexity index is 869. The first-order valence-corrected chi connectivity index (χ1v) is 22.0. The molecule has 0 fully saturated rings. The van der Waals surface area contributed by atoms with Gasteiger partial charge >= 0.3 is 0 Å². The smallest absolute Gasteiger partial charge is 0.249 e. The van der Waals surface area contributed by atoms with Crippen molar-refractivity contribution in [3.8, 4) is 0 Å². The minimum absolute atomic E-state index is 0.352. The number of aliphatic hydroxyl groups excluding tert-OH is 4. The monoisotopic (exact) mass is 732 g/mol. The topological polar surface area (TPSA) is 110 Å². The average molecular weight is 732 g/mol. The van der Waals surface area contributed by atoms with E-state index in [4.69, 9.17) is 0 Å². The third kappa shape index (κ3) is 34.1. The molecule has 0 aliphatic carbocycles. The van der Waals surface area contributed by atoms with Crippen LogP contribution < -0.4 is 5.32 Å². The van der Waals surface area contributed by atoms with Crippen molar-refractivity contribution in [3.05, 3.63) is 48.6 Å². The molecule has 0 aliphatic heterocycles. The second-order valence-electron chi connectivity index (χ2n) is 15.0. The summed E-state index contributed by atoms with van der Waals surface area (Å²) in [6.07, 6.45) is 48.7. The second kappa shape index (κ2) is 40.5. The van der Waals surface area contributed by atoms with E-state index >= 15 is 0 Å². The van der Waals surface area contributed by atoms with Gasteiger partial charge < -0.3 is 25.7 Å². The molecule has 0 bridgehead atoms. The van der Waals surface area contributed by atoms with Crippen molar-refractivity contribution in [2.75, 3.05) is 6.61 Å². The van der Waals surface area contributed by atoms with Gasteiger partial charge in [0.1, 0.15) is 12.2 Å². The molecule has 0 aromatic carbocycles. The van der Waals surface area contributed by atoms with Gasteiger partial charge in [0.2, 0.25) is 5.91 Å². The van der Waals surface area contributed by atoms with Gasteiger partial charge in [0.25, 0.3) is 0 Å². The third-order valence-electron chi connectivity index (χ3n) is 9.98. The third-order valence-corrected chi connectivity index (χ3v) is 9.98. The maximum absolute atomic E-state index is 12.5. The zero-order valence-electron chi connectivity index (χ0n) is 34.0. The minimum atomic E-state index is -1.29. The number of nitrogens with one attached hydrogen (secondary N) is 1. The molecular formula is C46H85NO5. The van der Waals surface area contributed by atoms with Crippen LogP contribution in [0.25, 0.3) is 0 Å². The SMILES string of the molecule is CC/C=C/CC/C=C/CC/C=C/CCCC(O)C(O)C(CO)NC(=O)C(O)CCCCCCCCC/C=C\CCCCCCCCCCCCCC. The Morgan fingerprint density at radius 1 is 0.481 bits per heavy atom. The van der Waals surface area contributed by atoms with Gasteiger partial charge in [-0.3, -0.25) is 4.79 Å². The Labute approximate surface area is 321 Å². The van der Waals surface area contributed by atoms with Crippen LogP contribution in [0.1, 0.15) is 206 Å². The first kappa shape index (κ1) is 50.3.